The van der Waals surface area contributed by atoms with E-state index >= 15 is 0 Å². The van der Waals surface area contributed by atoms with Gasteiger partial charge in [0.1, 0.15) is 0 Å². The van der Waals surface area contributed by atoms with Crippen LogP contribution in [0.1, 0.15) is 26.7 Å². The molecule has 16 heavy (non-hydrogen) atoms. The predicted molar refractivity (Wildman–Crippen MR) is 69.5 cm³/mol. The number of hydrogen-bond donors (Lipinski definition) is 3. The summed E-state index contributed by atoms with van der Waals surface area (Å²) in [5.74, 6) is 1.97. The summed E-state index contributed by atoms with van der Waals surface area (Å²) in [5.41, 5.74) is 5.78. The molecule has 96 valence electrons. The molecule has 2 atom stereocenters. The minimum Gasteiger partial charge on any atom is -0.396 e. The molecule has 0 aromatic heterocycles. The minimum atomic E-state index is -0.396. The van der Waals surface area contributed by atoms with Gasteiger partial charge in [-0.2, -0.15) is 11.8 Å². The van der Waals surface area contributed by atoms with Crippen LogP contribution < -0.4 is 11.1 Å². The fraction of sp³-hybridized carbons (Fsp3) is 0.909. The number of rotatable bonds is 9. The van der Waals surface area contributed by atoms with Crippen LogP contribution >= 0.6 is 11.8 Å². The average Bonchev–Trinajstić information content (AvgIpc) is 2.31. The van der Waals surface area contributed by atoms with Gasteiger partial charge in [0.25, 0.3) is 0 Å². The van der Waals surface area contributed by atoms with E-state index in [-0.39, 0.29) is 18.4 Å². The van der Waals surface area contributed by atoms with Crippen LogP contribution in [-0.4, -0.2) is 41.7 Å². The third-order valence-corrected chi connectivity index (χ3v) is 3.62. The number of amides is 1. The van der Waals surface area contributed by atoms with Gasteiger partial charge in [-0.1, -0.05) is 20.3 Å². The molecule has 0 spiro atoms. The van der Waals surface area contributed by atoms with Crippen molar-refractivity contribution in [1.29, 1.82) is 0 Å². The van der Waals surface area contributed by atoms with Gasteiger partial charge in [0.15, 0.2) is 0 Å². The third-order valence-electron chi connectivity index (χ3n) is 2.55. The fourth-order valence-electron chi connectivity index (χ4n) is 1.15. The molecule has 0 saturated heterocycles. The zero-order valence-electron chi connectivity index (χ0n) is 10.2. The first kappa shape index (κ1) is 15.7. The van der Waals surface area contributed by atoms with Gasteiger partial charge >= 0.3 is 0 Å². The van der Waals surface area contributed by atoms with Crippen LogP contribution in [-0.2, 0) is 4.79 Å². The number of carbonyl (C=O) groups excluding carboxylic acids is 1. The monoisotopic (exact) mass is 248 g/mol. The smallest absolute Gasteiger partial charge is 0.237 e. The fourth-order valence-corrected chi connectivity index (χ4v) is 1.93. The summed E-state index contributed by atoms with van der Waals surface area (Å²) >= 11 is 1.73. The van der Waals surface area contributed by atoms with Crippen molar-refractivity contribution in [3.8, 4) is 0 Å². The van der Waals surface area contributed by atoms with Gasteiger partial charge in [-0.3, -0.25) is 4.79 Å². The van der Waals surface area contributed by atoms with E-state index in [4.69, 9.17) is 10.8 Å². The summed E-state index contributed by atoms with van der Waals surface area (Å²) in [6.45, 7) is 4.90. The Morgan fingerprint density at radius 2 is 2.19 bits per heavy atom. The summed E-state index contributed by atoms with van der Waals surface area (Å²) in [5, 5.41) is 11.4. The van der Waals surface area contributed by atoms with E-state index in [1.54, 1.807) is 11.8 Å². The molecule has 4 N–H and O–H groups in total. The van der Waals surface area contributed by atoms with E-state index < -0.39 is 6.04 Å². The number of thioether (sulfide) groups is 1. The first-order chi connectivity index (χ1) is 7.63. The van der Waals surface area contributed by atoms with Crippen molar-refractivity contribution in [1.82, 2.24) is 5.32 Å². The minimum absolute atomic E-state index is 0.0582. The Hall–Kier alpha value is -0.260. The van der Waals surface area contributed by atoms with Crippen molar-refractivity contribution in [3.05, 3.63) is 0 Å². The van der Waals surface area contributed by atoms with E-state index in [1.165, 1.54) is 0 Å². The van der Waals surface area contributed by atoms with Crippen molar-refractivity contribution in [2.45, 2.75) is 32.7 Å². The van der Waals surface area contributed by atoms with E-state index in [0.29, 0.717) is 6.54 Å². The molecule has 0 aliphatic rings. The van der Waals surface area contributed by atoms with Crippen molar-refractivity contribution in [3.63, 3.8) is 0 Å². The van der Waals surface area contributed by atoms with Crippen LogP contribution in [0, 0.1) is 5.92 Å². The highest BCUT2D eigenvalue weighted by molar-refractivity contribution is 7.99. The first-order valence-corrected chi connectivity index (χ1v) is 7.00. The zero-order chi connectivity index (χ0) is 12.4. The van der Waals surface area contributed by atoms with Crippen molar-refractivity contribution in [2.24, 2.45) is 11.7 Å². The van der Waals surface area contributed by atoms with E-state index in [2.05, 4.69) is 5.32 Å². The number of aliphatic hydroxyl groups excluding tert-OH is 1. The van der Waals surface area contributed by atoms with E-state index in [0.717, 1.165) is 24.3 Å². The highest BCUT2D eigenvalue weighted by atomic mass is 32.2. The van der Waals surface area contributed by atoms with Crippen molar-refractivity contribution < 1.29 is 9.90 Å². The molecule has 0 aliphatic carbocycles. The van der Waals surface area contributed by atoms with Crippen molar-refractivity contribution >= 4 is 17.7 Å². The molecule has 1 amide bonds. The molecular weight excluding hydrogens is 224 g/mol. The van der Waals surface area contributed by atoms with Gasteiger partial charge in [-0.25, -0.2) is 0 Å². The van der Waals surface area contributed by atoms with Crippen LogP contribution in [0.4, 0.5) is 0 Å². The Labute approximate surface area is 102 Å². The zero-order valence-corrected chi connectivity index (χ0v) is 11.1. The van der Waals surface area contributed by atoms with Crippen LogP contribution in [0.3, 0.4) is 0 Å². The highest BCUT2D eigenvalue weighted by Gasteiger charge is 2.18. The standard InChI is InChI=1S/C11H24N2O2S/c1-3-9(2)10(12)11(15)13-5-8-16-7-4-6-14/h9-10,14H,3-8,12H2,1-2H3,(H,13,15)/t9-,10-/m0/s1. The Morgan fingerprint density at radius 1 is 1.50 bits per heavy atom. The predicted octanol–water partition coefficient (Wildman–Crippen LogP) is 0.592. The second-order valence-corrected chi connectivity index (χ2v) is 5.12. The maximum absolute atomic E-state index is 11.5. The molecule has 5 heteroatoms. The number of hydrogen-bond acceptors (Lipinski definition) is 4. The number of nitrogens with one attached hydrogen (secondary N) is 1. The van der Waals surface area contributed by atoms with Gasteiger partial charge in [-0.15, -0.1) is 0 Å². The third kappa shape index (κ3) is 7.09. The second kappa shape index (κ2) is 9.93. The summed E-state index contributed by atoms with van der Waals surface area (Å²) in [4.78, 5) is 11.5. The average molecular weight is 248 g/mol. The SMILES string of the molecule is CC[C@H](C)[C@H](N)C(=O)NCCSCCCO. The molecule has 0 saturated carbocycles. The van der Waals surface area contributed by atoms with Crippen LogP contribution in [0.2, 0.25) is 0 Å². The van der Waals surface area contributed by atoms with E-state index in [1.807, 2.05) is 13.8 Å². The molecule has 0 radical (unpaired) electrons. The molecule has 0 bridgehead atoms. The lowest BCUT2D eigenvalue weighted by Gasteiger charge is -2.17. The highest BCUT2D eigenvalue weighted by Crippen LogP contribution is 2.05. The van der Waals surface area contributed by atoms with Gasteiger partial charge in [0.2, 0.25) is 5.91 Å². The largest absolute Gasteiger partial charge is 0.396 e. The Morgan fingerprint density at radius 3 is 2.75 bits per heavy atom. The molecule has 0 aromatic rings. The lowest BCUT2D eigenvalue weighted by molar-refractivity contribution is -0.123. The molecule has 0 unspecified atom stereocenters. The Bertz CT molecular complexity index is 191. The Balaban J connectivity index is 3.50. The maximum atomic E-state index is 11.5. The topological polar surface area (TPSA) is 75.4 Å². The molecule has 0 heterocycles. The van der Waals surface area contributed by atoms with Crippen molar-refractivity contribution in [2.75, 3.05) is 24.7 Å². The molecule has 0 aliphatic heterocycles. The number of carbonyl (C=O) groups is 1. The summed E-state index contributed by atoms with van der Waals surface area (Å²) in [6.07, 6.45) is 1.73. The maximum Gasteiger partial charge on any atom is 0.237 e. The molecule has 0 fully saturated rings. The molecular formula is C11H24N2O2S. The summed E-state index contributed by atoms with van der Waals surface area (Å²) in [7, 11) is 0. The number of nitrogens with two attached hydrogens (primary N) is 1. The molecule has 4 nitrogen and oxygen atoms in total. The Kier molecular flexibility index (Phi) is 9.77. The normalized spacial score (nSPS) is 14.5. The lowest BCUT2D eigenvalue weighted by atomic mass is 9.99. The summed E-state index contributed by atoms with van der Waals surface area (Å²) < 4.78 is 0. The molecule has 0 aromatic carbocycles. The van der Waals surface area contributed by atoms with Crippen LogP contribution in [0.15, 0.2) is 0 Å². The number of aliphatic hydroxyl groups is 1. The van der Waals surface area contributed by atoms with Crippen LogP contribution in [0.25, 0.3) is 0 Å². The van der Waals surface area contributed by atoms with E-state index in [9.17, 15) is 4.79 Å². The van der Waals surface area contributed by atoms with Gasteiger partial charge in [0.05, 0.1) is 6.04 Å². The second-order valence-electron chi connectivity index (χ2n) is 3.89. The quantitative estimate of drug-likeness (QED) is 0.522. The summed E-state index contributed by atoms with van der Waals surface area (Å²) in [6, 6.07) is -0.396. The first-order valence-electron chi connectivity index (χ1n) is 5.85. The van der Waals surface area contributed by atoms with Gasteiger partial charge in [0, 0.05) is 18.9 Å². The van der Waals surface area contributed by atoms with Gasteiger partial charge in [-0.05, 0) is 18.1 Å². The van der Waals surface area contributed by atoms with Crippen LogP contribution in [0.5, 0.6) is 0 Å². The van der Waals surface area contributed by atoms with Gasteiger partial charge < -0.3 is 16.2 Å². The lowest BCUT2D eigenvalue weighted by Crippen LogP contribution is -2.45. The molecule has 0 rings (SSSR count).